The number of allylic oxidation sites excluding steroid dienone is 18. The van der Waals surface area contributed by atoms with Crippen LogP contribution in [0.3, 0.4) is 0 Å². The van der Waals surface area contributed by atoms with Crippen molar-refractivity contribution in [2.24, 2.45) is 0 Å². The molecule has 6 heteroatoms. The van der Waals surface area contributed by atoms with E-state index in [1.54, 1.807) is 0 Å². The van der Waals surface area contributed by atoms with Gasteiger partial charge < -0.3 is 14.2 Å². The van der Waals surface area contributed by atoms with Gasteiger partial charge in [0.25, 0.3) is 0 Å². The first-order chi connectivity index (χ1) is 35.0. The molecule has 1 unspecified atom stereocenters. The van der Waals surface area contributed by atoms with Crippen LogP contribution in [0.4, 0.5) is 0 Å². The largest absolute Gasteiger partial charge is 0.462 e. The molecule has 0 heterocycles. The first kappa shape index (κ1) is 67.1. The number of unbranched alkanes of at least 4 members (excludes halogenated alkanes) is 23. The minimum absolute atomic E-state index is 0.0892. The summed E-state index contributed by atoms with van der Waals surface area (Å²) in [5.41, 5.74) is 0. The highest BCUT2D eigenvalue weighted by Crippen LogP contribution is 2.15. The van der Waals surface area contributed by atoms with Crippen LogP contribution in [0, 0.1) is 0 Å². The highest BCUT2D eigenvalue weighted by atomic mass is 16.6. The van der Waals surface area contributed by atoms with Crippen LogP contribution in [0.5, 0.6) is 0 Å². The third kappa shape index (κ3) is 56.9. The summed E-state index contributed by atoms with van der Waals surface area (Å²) in [4.78, 5) is 38.1. The van der Waals surface area contributed by atoms with Gasteiger partial charge in [-0.1, -0.05) is 252 Å². The summed E-state index contributed by atoms with van der Waals surface area (Å²) in [5, 5.41) is 0. The quantitative estimate of drug-likeness (QED) is 0.0261. The molecule has 0 aromatic rings. The number of hydrogen-bond donors (Lipinski definition) is 0. The normalized spacial score (nSPS) is 12.9. The molecule has 404 valence electrons. The summed E-state index contributed by atoms with van der Waals surface area (Å²) in [6.07, 6.45) is 79.4. The Kier molecular flexibility index (Phi) is 55.4. The average Bonchev–Trinajstić information content (AvgIpc) is 3.37. The lowest BCUT2D eigenvalue weighted by Crippen LogP contribution is -2.30. The van der Waals surface area contributed by atoms with E-state index in [0.717, 1.165) is 135 Å². The Balaban J connectivity index is 4.34. The summed E-state index contributed by atoms with van der Waals surface area (Å²) >= 11 is 0. The Morgan fingerprint density at radius 2 is 0.549 bits per heavy atom. The fourth-order valence-corrected chi connectivity index (χ4v) is 7.93. The maximum Gasteiger partial charge on any atom is 0.306 e. The van der Waals surface area contributed by atoms with Crippen molar-refractivity contribution in [3.8, 4) is 0 Å². The summed E-state index contributed by atoms with van der Waals surface area (Å²) in [6.45, 7) is 6.39. The number of rotatable bonds is 52. The van der Waals surface area contributed by atoms with Crippen molar-refractivity contribution in [1.82, 2.24) is 0 Å². The van der Waals surface area contributed by atoms with Gasteiger partial charge in [0, 0.05) is 19.3 Å². The van der Waals surface area contributed by atoms with Crippen LogP contribution < -0.4 is 0 Å². The molecular formula is C65H108O6. The maximum atomic E-state index is 12.8. The van der Waals surface area contributed by atoms with E-state index in [9.17, 15) is 14.4 Å². The zero-order valence-electron chi connectivity index (χ0n) is 46.2. The van der Waals surface area contributed by atoms with Gasteiger partial charge in [-0.15, -0.1) is 0 Å². The third-order valence-corrected chi connectivity index (χ3v) is 12.3. The standard InChI is InChI=1S/C65H108O6/c1-4-7-10-13-16-19-22-24-26-28-29-30-31-32-33-34-35-37-38-40-43-46-49-52-55-58-64(67)70-61-62(60-69-63(66)57-54-51-48-45-42-21-18-15-12-9-6-3)71-65(68)59-56-53-50-47-44-41-39-36-27-25-23-20-17-14-11-8-5-2/h7-8,10-11,16-17,19-20,24-27,29-30,32-33,39,41,62H,4-6,9,12-15,18,21-23,28,31,34-38,40,42-61H2,1-3H3/b10-7-,11-8-,19-16-,20-17-,26-24-,27-25-,30-29-,33-32-,41-39-. The fourth-order valence-electron chi connectivity index (χ4n) is 7.93. The minimum Gasteiger partial charge on any atom is -0.462 e. The van der Waals surface area contributed by atoms with E-state index in [4.69, 9.17) is 14.2 Å². The lowest BCUT2D eigenvalue weighted by atomic mass is 10.1. The van der Waals surface area contributed by atoms with Gasteiger partial charge in [-0.2, -0.15) is 0 Å². The van der Waals surface area contributed by atoms with Gasteiger partial charge in [0.2, 0.25) is 0 Å². The van der Waals surface area contributed by atoms with Crippen molar-refractivity contribution in [3.63, 3.8) is 0 Å². The Labute approximate surface area is 438 Å². The van der Waals surface area contributed by atoms with Crippen molar-refractivity contribution in [1.29, 1.82) is 0 Å². The average molecular weight is 986 g/mol. The van der Waals surface area contributed by atoms with Crippen molar-refractivity contribution in [3.05, 3.63) is 109 Å². The molecule has 0 aliphatic rings. The van der Waals surface area contributed by atoms with Gasteiger partial charge in [0.1, 0.15) is 13.2 Å². The van der Waals surface area contributed by atoms with E-state index in [1.807, 2.05) is 0 Å². The van der Waals surface area contributed by atoms with Gasteiger partial charge in [-0.05, 0) is 103 Å². The molecule has 0 saturated carbocycles. The molecule has 71 heavy (non-hydrogen) atoms. The molecule has 0 amide bonds. The lowest BCUT2D eigenvalue weighted by molar-refractivity contribution is -0.167. The molecule has 0 rings (SSSR count). The summed E-state index contributed by atoms with van der Waals surface area (Å²) in [5.74, 6) is -0.918. The molecule has 0 spiro atoms. The molecule has 0 aromatic heterocycles. The predicted octanol–water partition coefficient (Wildman–Crippen LogP) is 19.9. The molecule has 0 aliphatic heterocycles. The van der Waals surface area contributed by atoms with Gasteiger partial charge in [-0.3, -0.25) is 14.4 Å². The molecular weight excluding hydrogens is 877 g/mol. The third-order valence-electron chi connectivity index (χ3n) is 12.3. The van der Waals surface area contributed by atoms with Crippen molar-refractivity contribution in [2.45, 2.75) is 271 Å². The summed E-state index contributed by atoms with van der Waals surface area (Å²) in [7, 11) is 0. The molecule has 1 atom stereocenters. The van der Waals surface area contributed by atoms with E-state index < -0.39 is 6.10 Å². The lowest BCUT2D eigenvalue weighted by Gasteiger charge is -2.18. The molecule has 0 fully saturated rings. The zero-order valence-corrected chi connectivity index (χ0v) is 46.2. The van der Waals surface area contributed by atoms with Crippen LogP contribution in [0.15, 0.2) is 109 Å². The molecule has 0 aromatic carbocycles. The Hall–Kier alpha value is -3.93. The van der Waals surface area contributed by atoms with Crippen LogP contribution in [0.2, 0.25) is 0 Å². The van der Waals surface area contributed by atoms with Crippen LogP contribution in [-0.4, -0.2) is 37.2 Å². The van der Waals surface area contributed by atoms with Crippen LogP contribution in [0.25, 0.3) is 0 Å². The van der Waals surface area contributed by atoms with E-state index >= 15 is 0 Å². The number of carbonyl (C=O) groups excluding carboxylic acids is 3. The first-order valence-corrected chi connectivity index (χ1v) is 29.4. The minimum atomic E-state index is -0.794. The summed E-state index contributed by atoms with van der Waals surface area (Å²) in [6, 6.07) is 0. The zero-order chi connectivity index (χ0) is 51.4. The number of ether oxygens (including phenoxy) is 3. The van der Waals surface area contributed by atoms with Gasteiger partial charge >= 0.3 is 17.9 Å². The topological polar surface area (TPSA) is 78.9 Å². The molecule has 0 N–H and O–H groups in total. The van der Waals surface area contributed by atoms with Crippen molar-refractivity contribution < 1.29 is 28.6 Å². The van der Waals surface area contributed by atoms with Gasteiger partial charge in [0.05, 0.1) is 0 Å². The highest BCUT2D eigenvalue weighted by molar-refractivity contribution is 5.71. The number of hydrogen-bond acceptors (Lipinski definition) is 6. The van der Waals surface area contributed by atoms with Gasteiger partial charge in [0.15, 0.2) is 6.10 Å². The first-order valence-electron chi connectivity index (χ1n) is 29.4. The van der Waals surface area contributed by atoms with Gasteiger partial charge in [-0.25, -0.2) is 0 Å². The Morgan fingerprint density at radius 1 is 0.296 bits per heavy atom. The van der Waals surface area contributed by atoms with Crippen molar-refractivity contribution >= 4 is 17.9 Å². The number of carbonyl (C=O) groups is 3. The second kappa shape index (κ2) is 58.6. The SMILES string of the molecule is CC/C=C\C/C=C\C/C=C\C/C=C\C/C=C\CCCCCCCCCCCC(=O)OCC(COC(=O)CCCCCCCCCCCCC)OC(=O)CCCCCC/C=C\C/C=C\C/C=C\C/C=C\CC. The molecule has 0 aliphatic carbocycles. The second-order valence-corrected chi connectivity index (χ2v) is 19.1. The summed E-state index contributed by atoms with van der Waals surface area (Å²) < 4.78 is 16.8. The van der Waals surface area contributed by atoms with Crippen molar-refractivity contribution in [2.75, 3.05) is 13.2 Å². The monoisotopic (exact) mass is 985 g/mol. The highest BCUT2D eigenvalue weighted by Gasteiger charge is 2.19. The Bertz CT molecular complexity index is 1460. The van der Waals surface area contributed by atoms with Crippen LogP contribution >= 0.6 is 0 Å². The number of esters is 3. The fraction of sp³-hybridized carbons (Fsp3) is 0.677. The maximum absolute atomic E-state index is 12.8. The molecule has 0 radical (unpaired) electrons. The predicted molar refractivity (Wildman–Crippen MR) is 307 cm³/mol. The van der Waals surface area contributed by atoms with Crippen LogP contribution in [-0.2, 0) is 28.6 Å². The van der Waals surface area contributed by atoms with E-state index in [0.29, 0.717) is 19.3 Å². The smallest absolute Gasteiger partial charge is 0.306 e. The van der Waals surface area contributed by atoms with E-state index in [-0.39, 0.29) is 31.1 Å². The second-order valence-electron chi connectivity index (χ2n) is 19.1. The molecule has 0 bridgehead atoms. The van der Waals surface area contributed by atoms with Crippen LogP contribution in [0.1, 0.15) is 265 Å². The Morgan fingerprint density at radius 3 is 0.859 bits per heavy atom. The molecule has 6 nitrogen and oxygen atoms in total. The molecule has 0 saturated heterocycles. The van der Waals surface area contributed by atoms with E-state index in [2.05, 4.69) is 130 Å². The van der Waals surface area contributed by atoms with E-state index in [1.165, 1.54) is 89.9 Å².